The number of carbonyl (C=O) groups is 1. The summed E-state index contributed by atoms with van der Waals surface area (Å²) in [6.45, 7) is 4.03. The van der Waals surface area contributed by atoms with E-state index in [0.29, 0.717) is 5.13 Å². The highest BCUT2D eigenvalue weighted by atomic mass is 32.1. The molecule has 0 aliphatic heterocycles. The number of rotatable bonds is 6. The van der Waals surface area contributed by atoms with E-state index in [2.05, 4.69) is 10.3 Å². The summed E-state index contributed by atoms with van der Waals surface area (Å²) in [5.74, 6) is -0.0893. The van der Waals surface area contributed by atoms with Gasteiger partial charge in [0.1, 0.15) is 5.75 Å². The van der Waals surface area contributed by atoms with Crippen molar-refractivity contribution in [3.63, 3.8) is 0 Å². The van der Waals surface area contributed by atoms with Gasteiger partial charge in [-0.15, -0.1) is 11.3 Å². The maximum atomic E-state index is 11.3. The average molecular weight is 368 g/mol. The highest BCUT2D eigenvalue weighted by molar-refractivity contribution is 7.16. The molecule has 0 spiro atoms. The van der Waals surface area contributed by atoms with Gasteiger partial charge in [-0.25, -0.2) is 4.98 Å². The lowest BCUT2D eigenvalue weighted by atomic mass is 10.0. The standard InChI is InChI=1S/C20H20N2O3S/c1-12-4-5-13(2)16(10-12)19-17(11-18(23)24)26-20(22-19)21-14-6-8-15(25-3)9-7-14/h4-10H,11H2,1-3H3,(H,21,22)(H,23,24). The normalized spacial score (nSPS) is 10.6. The summed E-state index contributed by atoms with van der Waals surface area (Å²) < 4.78 is 5.16. The largest absolute Gasteiger partial charge is 0.497 e. The number of aryl methyl sites for hydroxylation is 2. The Morgan fingerprint density at radius 1 is 1.19 bits per heavy atom. The molecule has 3 rings (SSSR count). The van der Waals surface area contributed by atoms with Crippen LogP contribution >= 0.6 is 11.3 Å². The van der Waals surface area contributed by atoms with Crippen molar-refractivity contribution in [2.24, 2.45) is 0 Å². The third-order valence-electron chi connectivity index (χ3n) is 4.00. The molecule has 26 heavy (non-hydrogen) atoms. The van der Waals surface area contributed by atoms with E-state index in [-0.39, 0.29) is 6.42 Å². The summed E-state index contributed by atoms with van der Waals surface area (Å²) in [4.78, 5) is 16.7. The van der Waals surface area contributed by atoms with Crippen molar-refractivity contribution in [1.29, 1.82) is 0 Å². The van der Waals surface area contributed by atoms with Crippen molar-refractivity contribution in [2.75, 3.05) is 12.4 Å². The molecule has 0 atom stereocenters. The van der Waals surface area contributed by atoms with Crippen LogP contribution in [0.5, 0.6) is 5.75 Å². The minimum Gasteiger partial charge on any atom is -0.497 e. The van der Waals surface area contributed by atoms with E-state index in [1.165, 1.54) is 11.3 Å². The second-order valence-electron chi connectivity index (χ2n) is 6.03. The molecule has 3 aromatic rings. The molecule has 0 aliphatic rings. The minimum absolute atomic E-state index is 0.0509. The van der Waals surface area contributed by atoms with Crippen molar-refractivity contribution in [2.45, 2.75) is 20.3 Å². The molecule has 2 N–H and O–H groups in total. The number of ether oxygens (including phenoxy) is 1. The van der Waals surface area contributed by atoms with Crippen LogP contribution in [0.3, 0.4) is 0 Å². The topological polar surface area (TPSA) is 71.5 Å². The van der Waals surface area contributed by atoms with E-state index in [0.717, 1.165) is 38.7 Å². The number of nitrogens with zero attached hydrogens (tertiary/aromatic N) is 1. The fourth-order valence-electron chi connectivity index (χ4n) is 2.66. The molecular formula is C20H20N2O3S. The first kappa shape index (κ1) is 17.9. The molecule has 1 aromatic heterocycles. The second-order valence-corrected chi connectivity index (χ2v) is 7.12. The Bertz CT molecular complexity index is 933. The SMILES string of the molecule is COc1ccc(Nc2nc(-c3cc(C)ccc3C)c(CC(=O)O)s2)cc1. The van der Waals surface area contributed by atoms with Crippen LogP contribution in [0.1, 0.15) is 16.0 Å². The van der Waals surface area contributed by atoms with Crippen molar-refractivity contribution in [3.8, 4) is 17.0 Å². The molecule has 6 heteroatoms. The fraction of sp³-hybridized carbons (Fsp3) is 0.200. The Morgan fingerprint density at radius 2 is 1.92 bits per heavy atom. The Labute approximate surface area is 156 Å². The Kier molecular flexibility index (Phi) is 5.23. The van der Waals surface area contributed by atoms with Gasteiger partial charge in [-0.3, -0.25) is 4.79 Å². The van der Waals surface area contributed by atoms with E-state index in [1.54, 1.807) is 7.11 Å². The van der Waals surface area contributed by atoms with Crippen LogP contribution in [0, 0.1) is 13.8 Å². The van der Waals surface area contributed by atoms with Gasteiger partial charge in [0.25, 0.3) is 0 Å². The van der Waals surface area contributed by atoms with Gasteiger partial charge in [0.15, 0.2) is 5.13 Å². The fourth-order valence-corrected chi connectivity index (χ4v) is 3.65. The van der Waals surface area contributed by atoms with Gasteiger partial charge < -0.3 is 15.2 Å². The Hall–Kier alpha value is -2.86. The van der Waals surface area contributed by atoms with Crippen molar-refractivity contribution in [1.82, 2.24) is 4.98 Å². The smallest absolute Gasteiger partial charge is 0.308 e. The number of aromatic nitrogens is 1. The number of hydrogen-bond donors (Lipinski definition) is 2. The molecule has 1 heterocycles. The zero-order valence-corrected chi connectivity index (χ0v) is 15.7. The molecule has 0 saturated carbocycles. The third-order valence-corrected chi connectivity index (χ3v) is 4.97. The number of anilines is 2. The number of nitrogens with one attached hydrogen (secondary N) is 1. The second kappa shape index (κ2) is 7.58. The number of hydrogen-bond acceptors (Lipinski definition) is 5. The summed E-state index contributed by atoms with van der Waals surface area (Å²) >= 11 is 1.37. The van der Waals surface area contributed by atoms with Gasteiger partial charge >= 0.3 is 5.97 Å². The monoisotopic (exact) mass is 368 g/mol. The summed E-state index contributed by atoms with van der Waals surface area (Å²) in [7, 11) is 1.62. The Morgan fingerprint density at radius 3 is 2.58 bits per heavy atom. The highest BCUT2D eigenvalue weighted by Gasteiger charge is 2.17. The minimum atomic E-state index is -0.865. The molecule has 0 amide bonds. The number of carboxylic acids is 1. The molecule has 0 bridgehead atoms. The summed E-state index contributed by atoms with van der Waals surface area (Å²) in [5, 5.41) is 13.2. The number of benzene rings is 2. The first-order valence-electron chi connectivity index (χ1n) is 8.16. The average Bonchev–Trinajstić information content (AvgIpc) is 2.99. The zero-order chi connectivity index (χ0) is 18.7. The lowest BCUT2D eigenvalue weighted by molar-refractivity contribution is -0.136. The van der Waals surface area contributed by atoms with E-state index < -0.39 is 5.97 Å². The molecule has 2 aromatic carbocycles. The maximum absolute atomic E-state index is 11.3. The van der Waals surface area contributed by atoms with E-state index in [9.17, 15) is 9.90 Å². The van der Waals surface area contributed by atoms with Gasteiger partial charge in [-0.05, 0) is 49.7 Å². The van der Waals surface area contributed by atoms with Gasteiger partial charge in [0.05, 0.1) is 19.2 Å². The van der Waals surface area contributed by atoms with E-state index in [1.807, 2.05) is 56.3 Å². The maximum Gasteiger partial charge on any atom is 0.308 e. The molecule has 0 saturated heterocycles. The first-order chi connectivity index (χ1) is 12.5. The molecule has 0 radical (unpaired) electrons. The first-order valence-corrected chi connectivity index (χ1v) is 8.98. The van der Waals surface area contributed by atoms with E-state index >= 15 is 0 Å². The molecular weight excluding hydrogens is 348 g/mol. The van der Waals surface area contributed by atoms with Gasteiger partial charge in [0, 0.05) is 16.1 Å². The van der Waals surface area contributed by atoms with Gasteiger partial charge in [-0.2, -0.15) is 0 Å². The summed E-state index contributed by atoms with van der Waals surface area (Å²) in [5.41, 5.74) is 4.76. The number of carboxylic acid groups (broad SMARTS) is 1. The predicted octanol–water partition coefficient (Wildman–Crippen LogP) is 4.81. The van der Waals surface area contributed by atoms with Crippen molar-refractivity contribution in [3.05, 3.63) is 58.5 Å². The van der Waals surface area contributed by atoms with Gasteiger partial charge in [0.2, 0.25) is 0 Å². The Balaban J connectivity index is 1.98. The van der Waals surface area contributed by atoms with Crippen LogP contribution in [-0.2, 0) is 11.2 Å². The quantitative estimate of drug-likeness (QED) is 0.653. The van der Waals surface area contributed by atoms with Crippen LogP contribution in [-0.4, -0.2) is 23.2 Å². The molecule has 0 fully saturated rings. The number of methoxy groups -OCH3 is 1. The third kappa shape index (κ3) is 4.03. The molecule has 134 valence electrons. The molecule has 5 nitrogen and oxygen atoms in total. The molecule has 0 aliphatic carbocycles. The van der Waals surface area contributed by atoms with Gasteiger partial charge in [-0.1, -0.05) is 17.7 Å². The van der Waals surface area contributed by atoms with E-state index in [4.69, 9.17) is 4.74 Å². The summed E-state index contributed by atoms with van der Waals surface area (Å²) in [6, 6.07) is 13.6. The van der Waals surface area contributed by atoms with Crippen molar-refractivity contribution < 1.29 is 14.6 Å². The lowest BCUT2D eigenvalue weighted by Crippen LogP contribution is -2.00. The predicted molar refractivity (Wildman–Crippen MR) is 105 cm³/mol. The molecule has 0 unspecified atom stereocenters. The summed E-state index contributed by atoms with van der Waals surface area (Å²) in [6.07, 6.45) is -0.0509. The van der Waals surface area contributed by atoms with Crippen LogP contribution in [0.15, 0.2) is 42.5 Å². The lowest BCUT2D eigenvalue weighted by Gasteiger charge is -2.06. The number of thiazole rings is 1. The van der Waals surface area contributed by atoms with Crippen molar-refractivity contribution >= 4 is 28.1 Å². The van der Waals surface area contributed by atoms with Crippen LogP contribution < -0.4 is 10.1 Å². The van der Waals surface area contributed by atoms with Crippen LogP contribution in [0.25, 0.3) is 11.3 Å². The number of aliphatic carboxylic acids is 1. The highest BCUT2D eigenvalue weighted by Crippen LogP contribution is 2.35. The van der Waals surface area contributed by atoms with Crippen LogP contribution in [0.2, 0.25) is 0 Å². The zero-order valence-electron chi connectivity index (χ0n) is 14.9. The van der Waals surface area contributed by atoms with Crippen LogP contribution in [0.4, 0.5) is 10.8 Å².